The maximum absolute atomic E-state index is 6.17. The van der Waals surface area contributed by atoms with Gasteiger partial charge >= 0.3 is 0 Å². The normalized spacial score (nSPS) is 11.0. The minimum Gasteiger partial charge on any atom is -0.255 e. The second-order valence-electron chi connectivity index (χ2n) is 4.11. The van der Waals surface area contributed by atoms with Crippen LogP contribution in [0.4, 0.5) is 0 Å². The molecular formula is C13H7Cl3N4. The van der Waals surface area contributed by atoms with E-state index in [4.69, 9.17) is 34.8 Å². The van der Waals surface area contributed by atoms with Gasteiger partial charge in [0.05, 0.1) is 16.2 Å². The number of aryl methyl sites for hydroxylation is 1. The first kappa shape index (κ1) is 13.5. The van der Waals surface area contributed by atoms with Crippen molar-refractivity contribution >= 4 is 45.8 Å². The zero-order chi connectivity index (χ0) is 14.3. The number of nitrogens with zero attached hydrogens (tertiary/aromatic N) is 4. The van der Waals surface area contributed by atoms with E-state index < -0.39 is 0 Å². The third-order valence-corrected chi connectivity index (χ3v) is 3.54. The minimum atomic E-state index is 0.0752. The van der Waals surface area contributed by atoms with E-state index in [9.17, 15) is 0 Å². The molecule has 0 aliphatic rings. The van der Waals surface area contributed by atoms with Gasteiger partial charge in [0.1, 0.15) is 5.52 Å². The summed E-state index contributed by atoms with van der Waals surface area (Å²) < 4.78 is 0. The van der Waals surface area contributed by atoms with E-state index in [1.807, 2.05) is 13.0 Å². The Bertz CT molecular complexity index is 820. The molecule has 20 heavy (non-hydrogen) atoms. The van der Waals surface area contributed by atoms with Crippen LogP contribution in [0.1, 0.15) is 5.69 Å². The highest BCUT2D eigenvalue weighted by Gasteiger charge is 2.13. The van der Waals surface area contributed by atoms with Crippen LogP contribution < -0.4 is 0 Å². The highest BCUT2D eigenvalue weighted by atomic mass is 35.5. The zero-order valence-corrected chi connectivity index (χ0v) is 12.5. The molecule has 0 fully saturated rings. The van der Waals surface area contributed by atoms with Gasteiger partial charge in [-0.1, -0.05) is 23.2 Å². The Morgan fingerprint density at radius 2 is 1.85 bits per heavy atom. The van der Waals surface area contributed by atoms with Crippen molar-refractivity contribution in [1.82, 2.24) is 19.9 Å². The lowest BCUT2D eigenvalue weighted by Gasteiger charge is -2.08. The maximum Gasteiger partial charge on any atom is 0.224 e. The lowest BCUT2D eigenvalue weighted by atomic mass is 10.1. The van der Waals surface area contributed by atoms with Crippen LogP contribution in [0.5, 0.6) is 0 Å². The van der Waals surface area contributed by atoms with Crippen LogP contribution in [0.25, 0.3) is 22.3 Å². The Kier molecular flexibility index (Phi) is 3.46. The largest absolute Gasteiger partial charge is 0.255 e. The van der Waals surface area contributed by atoms with E-state index in [1.54, 1.807) is 18.3 Å². The third kappa shape index (κ3) is 2.30. The second-order valence-corrected chi connectivity index (χ2v) is 5.21. The van der Waals surface area contributed by atoms with Crippen molar-refractivity contribution < 1.29 is 0 Å². The molecular weight excluding hydrogens is 319 g/mol. The molecule has 100 valence electrons. The average Bonchev–Trinajstić information content (AvgIpc) is 2.40. The summed E-state index contributed by atoms with van der Waals surface area (Å²) in [5, 5.41) is 0.844. The molecule has 0 aliphatic heterocycles. The molecule has 0 spiro atoms. The van der Waals surface area contributed by atoms with Gasteiger partial charge in [-0.15, -0.1) is 0 Å². The van der Waals surface area contributed by atoms with Crippen molar-refractivity contribution in [3.8, 4) is 11.3 Å². The Morgan fingerprint density at radius 1 is 1.05 bits per heavy atom. The lowest BCUT2D eigenvalue weighted by molar-refractivity contribution is 1.16. The smallest absolute Gasteiger partial charge is 0.224 e. The van der Waals surface area contributed by atoms with Crippen LogP contribution >= 0.6 is 34.8 Å². The van der Waals surface area contributed by atoms with Gasteiger partial charge in [-0.05, 0) is 36.7 Å². The fourth-order valence-corrected chi connectivity index (χ4v) is 2.57. The fraction of sp³-hybridized carbons (Fsp3) is 0.0769. The van der Waals surface area contributed by atoms with Gasteiger partial charge in [-0.3, -0.25) is 4.98 Å². The monoisotopic (exact) mass is 324 g/mol. The number of rotatable bonds is 1. The second kappa shape index (κ2) is 5.13. The molecule has 0 N–H and O–H groups in total. The van der Waals surface area contributed by atoms with Crippen LogP contribution in [-0.4, -0.2) is 19.9 Å². The minimum absolute atomic E-state index is 0.0752. The van der Waals surface area contributed by atoms with Crippen molar-refractivity contribution in [2.45, 2.75) is 6.92 Å². The predicted octanol–water partition coefficient (Wildman–Crippen LogP) is 4.36. The Labute approximate surface area is 129 Å². The summed E-state index contributed by atoms with van der Waals surface area (Å²) in [5.74, 6) is 0. The topological polar surface area (TPSA) is 51.6 Å². The van der Waals surface area contributed by atoms with E-state index >= 15 is 0 Å². The molecule has 0 aliphatic carbocycles. The van der Waals surface area contributed by atoms with E-state index in [2.05, 4.69) is 19.9 Å². The number of pyridine rings is 2. The van der Waals surface area contributed by atoms with E-state index in [0.29, 0.717) is 21.7 Å². The average molecular weight is 326 g/mol. The van der Waals surface area contributed by atoms with E-state index in [-0.39, 0.29) is 10.4 Å². The summed E-state index contributed by atoms with van der Waals surface area (Å²) in [4.78, 5) is 16.7. The molecule has 3 aromatic rings. The SMILES string of the molecule is Cc1nc2c(Cl)nc(Cl)nc2cc1-c1ncccc1Cl. The Hall–Kier alpha value is -1.49. The lowest BCUT2D eigenvalue weighted by Crippen LogP contribution is -1.96. The maximum atomic E-state index is 6.17. The summed E-state index contributed by atoms with van der Waals surface area (Å²) in [5.41, 5.74) is 3.23. The number of halogens is 3. The van der Waals surface area contributed by atoms with Crippen molar-refractivity contribution in [3.63, 3.8) is 0 Å². The van der Waals surface area contributed by atoms with Crippen molar-refractivity contribution in [1.29, 1.82) is 0 Å². The molecule has 0 radical (unpaired) electrons. The van der Waals surface area contributed by atoms with E-state index in [0.717, 1.165) is 11.3 Å². The molecule has 0 saturated heterocycles. The van der Waals surface area contributed by atoms with Gasteiger partial charge in [0.25, 0.3) is 0 Å². The molecule has 3 heterocycles. The summed E-state index contributed by atoms with van der Waals surface area (Å²) in [6.07, 6.45) is 1.67. The quantitative estimate of drug-likeness (QED) is 0.493. The number of hydrogen-bond donors (Lipinski definition) is 0. The molecule has 0 amide bonds. The van der Waals surface area contributed by atoms with E-state index in [1.165, 1.54) is 0 Å². The predicted molar refractivity (Wildman–Crippen MR) is 80.3 cm³/mol. The van der Waals surface area contributed by atoms with Gasteiger partial charge < -0.3 is 0 Å². The van der Waals surface area contributed by atoms with Crippen LogP contribution in [0.2, 0.25) is 15.5 Å². The number of aromatic nitrogens is 4. The molecule has 7 heteroatoms. The molecule has 0 unspecified atom stereocenters. The van der Waals surface area contributed by atoms with Gasteiger partial charge in [0.2, 0.25) is 5.28 Å². The first-order valence-corrected chi connectivity index (χ1v) is 6.81. The van der Waals surface area contributed by atoms with Crippen LogP contribution in [0.15, 0.2) is 24.4 Å². The molecule has 0 bridgehead atoms. The Balaban J connectivity index is 2.33. The zero-order valence-electron chi connectivity index (χ0n) is 10.2. The van der Waals surface area contributed by atoms with Gasteiger partial charge in [0, 0.05) is 17.5 Å². The summed E-state index contributed by atoms with van der Waals surface area (Å²) >= 11 is 18.0. The number of fused-ring (bicyclic) bond motifs is 1. The molecule has 0 saturated carbocycles. The molecule has 0 aromatic carbocycles. The van der Waals surface area contributed by atoms with Crippen LogP contribution in [0, 0.1) is 6.92 Å². The van der Waals surface area contributed by atoms with Crippen molar-refractivity contribution in [2.75, 3.05) is 0 Å². The summed E-state index contributed by atoms with van der Waals surface area (Å²) in [6, 6.07) is 5.35. The van der Waals surface area contributed by atoms with Crippen molar-refractivity contribution in [2.24, 2.45) is 0 Å². The van der Waals surface area contributed by atoms with Gasteiger partial charge in [-0.25, -0.2) is 15.0 Å². The highest BCUT2D eigenvalue weighted by Crippen LogP contribution is 2.31. The Morgan fingerprint density at radius 3 is 2.60 bits per heavy atom. The summed E-state index contributed by atoms with van der Waals surface area (Å²) in [7, 11) is 0. The van der Waals surface area contributed by atoms with Gasteiger partial charge in [0.15, 0.2) is 5.15 Å². The van der Waals surface area contributed by atoms with Gasteiger partial charge in [-0.2, -0.15) is 0 Å². The fourth-order valence-electron chi connectivity index (χ4n) is 1.91. The first-order chi connectivity index (χ1) is 9.56. The molecule has 4 nitrogen and oxygen atoms in total. The standard InChI is InChI=1S/C13H7Cl3N4/c1-6-7(10-8(14)3-2-4-17-10)5-9-11(18-6)12(15)20-13(16)19-9/h2-5H,1H3. The molecule has 3 rings (SSSR count). The highest BCUT2D eigenvalue weighted by molar-refractivity contribution is 6.35. The van der Waals surface area contributed by atoms with Crippen LogP contribution in [0.3, 0.4) is 0 Å². The molecule has 0 atom stereocenters. The molecule has 3 aromatic heterocycles. The first-order valence-electron chi connectivity index (χ1n) is 5.67. The third-order valence-electron chi connectivity index (χ3n) is 2.81. The summed E-state index contributed by atoms with van der Waals surface area (Å²) in [6.45, 7) is 1.85. The number of hydrogen-bond acceptors (Lipinski definition) is 4. The van der Waals surface area contributed by atoms with Crippen molar-refractivity contribution in [3.05, 3.63) is 45.5 Å². The van der Waals surface area contributed by atoms with Crippen LogP contribution in [-0.2, 0) is 0 Å².